The van der Waals surface area contributed by atoms with Gasteiger partial charge in [-0.25, -0.2) is 0 Å². The van der Waals surface area contributed by atoms with Crippen molar-refractivity contribution in [2.45, 2.75) is 19.4 Å². The van der Waals surface area contributed by atoms with E-state index in [-0.39, 0.29) is 18.4 Å². The van der Waals surface area contributed by atoms with E-state index in [2.05, 4.69) is 5.32 Å². The molecule has 0 unspecified atom stereocenters. The first-order chi connectivity index (χ1) is 13.1. The lowest BCUT2D eigenvalue weighted by atomic mass is 10.1. The summed E-state index contributed by atoms with van der Waals surface area (Å²) in [4.78, 5) is 26.8. The molecule has 2 amide bonds. The first-order valence-electron chi connectivity index (χ1n) is 8.66. The minimum absolute atomic E-state index is 0.120. The molecule has 0 aromatic heterocycles. The predicted molar refractivity (Wildman–Crippen MR) is 102 cm³/mol. The van der Waals surface area contributed by atoms with E-state index in [0.29, 0.717) is 35.0 Å². The van der Waals surface area contributed by atoms with E-state index >= 15 is 0 Å². The zero-order chi connectivity index (χ0) is 19.4. The van der Waals surface area contributed by atoms with Crippen LogP contribution in [0.5, 0.6) is 17.2 Å². The Kier molecular flexibility index (Phi) is 5.49. The number of nitrogens with zero attached hydrogens (tertiary/aromatic N) is 1. The van der Waals surface area contributed by atoms with Crippen molar-refractivity contribution in [1.29, 1.82) is 0 Å². The van der Waals surface area contributed by atoms with Crippen LogP contribution in [-0.2, 0) is 9.59 Å². The van der Waals surface area contributed by atoms with Gasteiger partial charge < -0.3 is 19.5 Å². The summed E-state index contributed by atoms with van der Waals surface area (Å²) in [7, 11) is 3.07. The molecule has 0 saturated carbocycles. The number of nitrogens with one attached hydrogen (secondary N) is 1. The highest BCUT2D eigenvalue weighted by molar-refractivity contribution is 6.06. The van der Waals surface area contributed by atoms with E-state index in [0.717, 1.165) is 0 Å². The molecule has 142 valence electrons. The molecule has 0 spiro atoms. The molecule has 1 atom stereocenters. The van der Waals surface area contributed by atoms with Crippen LogP contribution in [0, 0.1) is 0 Å². The monoisotopic (exact) mass is 370 g/mol. The van der Waals surface area contributed by atoms with Crippen LogP contribution in [0.1, 0.15) is 13.3 Å². The van der Waals surface area contributed by atoms with E-state index in [1.807, 2.05) is 13.0 Å². The minimum atomic E-state index is -0.594. The molecule has 1 aliphatic rings. The number of ether oxygens (including phenoxy) is 3. The summed E-state index contributed by atoms with van der Waals surface area (Å²) in [5, 5.41) is 2.79. The first-order valence-corrected chi connectivity index (χ1v) is 8.66. The Morgan fingerprint density at radius 1 is 1.19 bits per heavy atom. The number of fused-ring (bicyclic) bond motifs is 1. The van der Waals surface area contributed by atoms with E-state index in [9.17, 15) is 9.59 Å². The van der Waals surface area contributed by atoms with E-state index in [1.54, 1.807) is 43.5 Å². The molecule has 1 N–H and O–H groups in total. The topological polar surface area (TPSA) is 77.1 Å². The van der Waals surface area contributed by atoms with Crippen LogP contribution in [0.2, 0.25) is 0 Å². The molecule has 0 fully saturated rings. The standard InChI is InChI=1S/C20H22N2O5/c1-4-16-20(24)22(15-7-5-6-8-17(15)27-16)12-19(23)21-14-10-9-13(25-2)11-18(14)26-3/h5-11,16H,4,12H2,1-3H3,(H,21,23)/t16-/m0/s1. The fourth-order valence-corrected chi connectivity index (χ4v) is 2.93. The van der Waals surface area contributed by atoms with Crippen LogP contribution >= 0.6 is 0 Å². The van der Waals surface area contributed by atoms with E-state index < -0.39 is 6.10 Å². The highest BCUT2D eigenvalue weighted by Gasteiger charge is 2.34. The maximum atomic E-state index is 12.7. The Bertz CT molecular complexity index is 852. The Balaban J connectivity index is 1.80. The summed E-state index contributed by atoms with van der Waals surface area (Å²) in [5.41, 5.74) is 1.09. The van der Waals surface area contributed by atoms with Gasteiger partial charge in [0.2, 0.25) is 5.91 Å². The van der Waals surface area contributed by atoms with Gasteiger partial charge in [0, 0.05) is 6.07 Å². The molecule has 0 aliphatic carbocycles. The third-order valence-corrected chi connectivity index (χ3v) is 4.32. The summed E-state index contributed by atoms with van der Waals surface area (Å²) in [6.45, 7) is 1.75. The van der Waals surface area contributed by atoms with Gasteiger partial charge in [-0.3, -0.25) is 14.5 Å². The lowest BCUT2D eigenvalue weighted by molar-refractivity contribution is -0.128. The van der Waals surface area contributed by atoms with Crippen molar-refractivity contribution in [3.63, 3.8) is 0 Å². The Hall–Kier alpha value is -3.22. The van der Waals surface area contributed by atoms with Crippen LogP contribution in [0.15, 0.2) is 42.5 Å². The van der Waals surface area contributed by atoms with Crippen LogP contribution in [-0.4, -0.2) is 38.7 Å². The largest absolute Gasteiger partial charge is 0.497 e. The fourth-order valence-electron chi connectivity index (χ4n) is 2.93. The highest BCUT2D eigenvalue weighted by atomic mass is 16.5. The highest BCUT2D eigenvalue weighted by Crippen LogP contribution is 2.34. The average molecular weight is 370 g/mol. The van der Waals surface area contributed by atoms with Gasteiger partial charge in [0.25, 0.3) is 5.91 Å². The summed E-state index contributed by atoms with van der Waals surface area (Å²) < 4.78 is 16.2. The summed E-state index contributed by atoms with van der Waals surface area (Å²) in [6, 6.07) is 12.3. The van der Waals surface area contributed by atoms with E-state index in [4.69, 9.17) is 14.2 Å². The van der Waals surface area contributed by atoms with Gasteiger partial charge >= 0.3 is 0 Å². The normalized spacial score (nSPS) is 15.6. The van der Waals surface area contributed by atoms with Gasteiger partial charge in [0.05, 0.1) is 25.6 Å². The maximum Gasteiger partial charge on any atom is 0.268 e. The molecule has 0 saturated heterocycles. The van der Waals surface area contributed by atoms with Crippen LogP contribution in [0.25, 0.3) is 0 Å². The van der Waals surface area contributed by atoms with Gasteiger partial charge in [-0.2, -0.15) is 0 Å². The summed E-state index contributed by atoms with van der Waals surface area (Å²) in [5.74, 6) is 1.13. The first kappa shape index (κ1) is 18.6. The second-order valence-corrected chi connectivity index (χ2v) is 6.02. The van der Waals surface area contributed by atoms with Crippen molar-refractivity contribution in [3.05, 3.63) is 42.5 Å². The predicted octanol–water partition coefficient (Wildman–Crippen LogP) is 2.85. The molecule has 0 bridgehead atoms. The van der Waals surface area contributed by atoms with Gasteiger partial charge in [0.15, 0.2) is 6.10 Å². The zero-order valence-corrected chi connectivity index (χ0v) is 15.5. The number of methoxy groups -OCH3 is 2. The zero-order valence-electron chi connectivity index (χ0n) is 15.5. The van der Waals surface area contributed by atoms with Crippen molar-refractivity contribution in [1.82, 2.24) is 0 Å². The smallest absolute Gasteiger partial charge is 0.268 e. The van der Waals surface area contributed by atoms with Crippen molar-refractivity contribution < 1.29 is 23.8 Å². The molecule has 3 rings (SSSR count). The van der Waals surface area contributed by atoms with Crippen LogP contribution in [0.4, 0.5) is 11.4 Å². The van der Waals surface area contributed by atoms with Crippen LogP contribution in [0.3, 0.4) is 0 Å². The van der Waals surface area contributed by atoms with Crippen molar-refractivity contribution in [2.75, 3.05) is 31.0 Å². The van der Waals surface area contributed by atoms with E-state index in [1.165, 1.54) is 12.0 Å². The number of para-hydroxylation sites is 2. The lowest BCUT2D eigenvalue weighted by Crippen LogP contribution is -2.48. The third-order valence-electron chi connectivity index (χ3n) is 4.32. The summed E-state index contributed by atoms with van der Waals surface area (Å²) >= 11 is 0. The third kappa shape index (κ3) is 3.81. The molecule has 7 heteroatoms. The fraction of sp³-hybridized carbons (Fsp3) is 0.300. The number of rotatable bonds is 6. The molecule has 2 aromatic rings. The lowest BCUT2D eigenvalue weighted by Gasteiger charge is -2.33. The molecule has 2 aromatic carbocycles. The molecule has 1 heterocycles. The number of hydrogen-bond donors (Lipinski definition) is 1. The molecule has 27 heavy (non-hydrogen) atoms. The molecular weight excluding hydrogens is 348 g/mol. The SMILES string of the molecule is CC[C@@H]1Oc2ccccc2N(CC(=O)Nc2ccc(OC)cc2OC)C1=O. The number of carbonyl (C=O) groups excluding carboxylic acids is 2. The number of anilines is 2. The van der Waals surface area contributed by atoms with Crippen molar-refractivity contribution in [2.24, 2.45) is 0 Å². The summed E-state index contributed by atoms with van der Waals surface area (Å²) in [6.07, 6.45) is -0.0689. The Morgan fingerprint density at radius 2 is 1.96 bits per heavy atom. The van der Waals surface area contributed by atoms with Crippen LogP contribution < -0.4 is 24.4 Å². The van der Waals surface area contributed by atoms with Gasteiger partial charge in [0.1, 0.15) is 23.8 Å². The van der Waals surface area contributed by atoms with Gasteiger partial charge in [-0.05, 0) is 30.7 Å². The van der Waals surface area contributed by atoms with Crippen molar-refractivity contribution in [3.8, 4) is 17.2 Å². The number of amides is 2. The average Bonchev–Trinajstić information content (AvgIpc) is 2.70. The number of carbonyl (C=O) groups is 2. The molecule has 1 aliphatic heterocycles. The van der Waals surface area contributed by atoms with Crippen molar-refractivity contribution >= 4 is 23.2 Å². The molecule has 7 nitrogen and oxygen atoms in total. The molecular formula is C20H22N2O5. The Labute approximate surface area is 157 Å². The van der Waals surface area contributed by atoms with Gasteiger partial charge in [-0.1, -0.05) is 19.1 Å². The number of benzene rings is 2. The second kappa shape index (κ2) is 7.99. The maximum absolute atomic E-state index is 12.7. The second-order valence-electron chi connectivity index (χ2n) is 6.02. The Morgan fingerprint density at radius 3 is 2.67 bits per heavy atom. The quantitative estimate of drug-likeness (QED) is 0.846. The minimum Gasteiger partial charge on any atom is -0.497 e. The van der Waals surface area contributed by atoms with Gasteiger partial charge in [-0.15, -0.1) is 0 Å². The molecule has 0 radical (unpaired) electrons. The number of hydrogen-bond acceptors (Lipinski definition) is 5.